The minimum atomic E-state index is 0.169. The monoisotopic (exact) mass is 328 g/mol. The van der Waals surface area contributed by atoms with Gasteiger partial charge in [0, 0.05) is 30.1 Å². The molecule has 1 aliphatic carbocycles. The van der Waals surface area contributed by atoms with Gasteiger partial charge in [-0.3, -0.25) is 9.36 Å². The summed E-state index contributed by atoms with van der Waals surface area (Å²) in [6, 6.07) is 6.07. The van der Waals surface area contributed by atoms with Crippen molar-refractivity contribution in [3.63, 3.8) is 0 Å². The molecular formula is C20H28N2O2. The number of benzene rings is 1. The van der Waals surface area contributed by atoms with Crippen LogP contribution in [0.1, 0.15) is 42.5 Å². The van der Waals surface area contributed by atoms with E-state index in [0.29, 0.717) is 0 Å². The van der Waals surface area contributed by atoms with Gasteiger partial charge >= 0.3 is 0 Å². The summed E-state index contributed by atoms with van der Waals surface area (Å²) >= 11 is 0. The molecule has 0 amide bonds. The number of likely N-dealkylation sites (N-methyl/N-ethyl adjacent to an activating group) is 1. The molecule has 24 heavy (non-hydrogen) atoms. The number of methoxy groups -OCH3 is 1. The molecule has 1 aliphatic rings. The number of carbonyl (C=O) groups excluding carboxylic acids is 1. The van der Waals surface area contributed by atoms with Crippen molar-refractivity contribution in [2.45, 2.75) is 38.5 Å². The Morgan fingerprint density at radius 3 is 2.67 bits per heavy atom. The van der Waals surface area contributed by atoms with Crippen LogP contribution in [-0.2, 0) is 6.42 Å². The molecule has 0 radical (unpaired) electrons. The fourth-order valence-electron chi connectivity index (χ4n) is 3.68. The minimum Gasteiger partial charge on any atom is -0.497 e. The third-order valence-corrected chi connectivity index (χ3v) is 5.12. The standard InChI is InChI=1S/C20H28N2O2/c1-21(2)12-11-16-14-22(20(23)15-7-5-4-6-8-15)19-13-17(24-3)9-10-18(16)19/h9-10,13-15H,4-8,11-12H2,1-3H3. The normalized spacial score (nSPS) is 16.0. The van der Waals surface area contributed by atoms with E-state index in [1.165, 1.54) is 30.2 Å². The highest BCUT2D eigenvalue weighted by atomic mass is 16.5. The molecule has 1 aromatic heterocycles. The van der Waals surface area contributed by atoms with Crippen molar-refractivity contribution >= 4 is 16.8 Å². The van der Waals surface area contributed by atoms with E-state index in [9.17, 15) is 4.79 Å². The molecule has 1 saturated carbocycles. The van der Waals surface area contributed by atoms with E-state index in [1.807, 2.05) is 16.7 Å². The van der Waals surface area contributed by atoms with Crippen molar-refractivity contribution in [3.05, 3.63) is 30.0 Å². The first-order valence-electron chi connectivity index (χ1n) is 8.97. The SMILES string of the molecule is COc1ccc2c(CCN(C)C)cn(C(=O)C3CCCCC3)c2c1. The highest BCUT2D eigenvalue weighted by Gasteiger charge is 2.24. The van der Waals surface area contributed by atoms with Crippen LogP contribution in [0.5, 0.6) is 5.75 Å². The minimum absolute atomic E-state index is 0.169. The van der Waals surface area contributed by atoms with E-state index in [0.717, 1.165) is 37.1 Å². The first-order chi connectivity index (χ1) is 11.6. The van der Waals surface area contributed by atoms with Crippen LogP contribution in [0.4, 0.5) is 0 Å². The fourth-order valence-corrected chi connectivity index (χ4v) is 3.68. The van der Waals surface area contributed by atoms with Gasteiger partial charge in [0.1, 0.15) is 5.75 Å². The van der Waals surface area contributed by atoms with E-state index in [4.69, 9.17) is 4.74 Å². The number of ether oxygens (including phenoxy) is 1. The van der Waals surface area contributed by atoms with Gasteiger partial charge in [0.2, 0.25) is 5.91 Å². The molecule has 2 aromatic rings. The molecule has 3 rings (SSSR count). The zero-order valence-electron chi connectivity index (χ0n) is 15.0. The average Bonchev–Trinajstić information content (AvgIpc) is 2.97. The number of hydrogen-bond acceptors (Lipinski definition) is 3. The highest BCUT2D eigenvalue weighted by Crippen LogP contribution is 2.30. The maximum absolute atomic E-state index is 13.1. The molecule has 1 fully saturated rings. The topological polar surface area (TPSA) is 34.5 Å². The van der Waals surface area contributed by atoms with Gasteiger partial charge in [0.05, 0.1) is 12.6 Å². The molecule has 0 saturated heterocycles. The zero-order valence-corrected chi connectivity index (χ0v) is 15.0. The van der Waals surface area contributed by atoms with Gasteiger partial charge in [-0.15, -0.1) is 0 Å². The van der Waals surface area contributed by atoms with Crippen molar-refractivity contribution < 1.29 is 9.53 Å². The molecule has 0 bridgehead atoms. The third-order valence-electron chi connectivity index (χ3n) is 5.12. The molecule has 1 heterocycles. The maximum Gasteiger partial charge on any atom is 0.234 e. The van der Waals surface area contributed by atoms with Gasteiger partial charge < -0.3 is 9.64 Å². The first kappa shape index (κ1) is 17.0. The van der Waals surface area contributed by atoms with Crippen LogP contribution in [0.25, 0.3) is 10.9 Å². The lowest BCUT2D eigenvalue weighted by atomic mass is 9.88. The van der Waals surface area contributed by atoms with Crippen molar-refractivity contribution in [2.75, 3.05) is 27.7 Å². The molecule has 1 aromatic carbocycles. The number of nitrogens with zero attached hydrogens (tertiary/aromatic N) is 2. The van der Waals surface area contributed by atoms with E-state index in [2.05, 4.69) is 31.3 Å². The second-order valence-corrected chi connectivity index (χ2v) is 7.13. The lowest BCUT2D eigenvalue weighted by Crippen LogP contribution is -2.23. The first-order valence-corrected chi connectivity index (χ1v) is 8.97. The van der Waals surface area contributed by atoms with Crippen molar-refractivity contribution in [2.24, 2.45) is 5.92 Å². The summed E-state index contributed by atoms with van der Waals surface area (Å²) in [5.74, 6) is 1.23. The Balaban J connectivity index is 1.99. The molecular weight excluding hydrogens is 300 g/mol. The number of carbonyl (C=O) groups is 1. The molecule has 0 N–H and O–H groups in total. The van der Waals surface area contributed by atoms with Crippen molar-refractivity contribution in [3.8, 4) is 5.75 Å². The zero-order chi connectivity index (χ0) is 17.1. The van der Waals surface area contributed by atoms with Gasteiger partial charge in [0.25, 0.3) is 0 Å². The molecule has 4 heteroatoms. The fraction of sp³-hybridized carbons (Fsp3) is 0.550. The van der Waals surface area contributed by atoms with E-state index < -0.39 is 0 Å². The van der Waals surface area contributed by atoms with Crippen LogP contribution in [0.15, 0.2) is 24.4 Å². The highest BCUT2D eigenvalue weighted by molar-refractivity contribution is 5.96. The molecule has 0 spiro atoms. The Bertz CT molecular complexity index is 712. The van der Waals surface area contributed by atoms with Gasteiger partial charge in [-0.1, -0.05) is 19.3 Å². The van der Waals surface area contributed by atoms with E-state index in [1.54, 1.807) is 7.11 Å². The van der Waals surface area contributed by atoms with E-state index in [-0.39, 0.29) is 11.8 Å². The Labute approximate surface area is 144 Å². The number of rotatable bonds is 5. The Kier molecular flexibility index (Phi) is 5.24. The molecule has 0 unspecified atom stereocenters. The Morgan fingerprint density at radius 2 is 2.00 bits per heavy atom. The average molecular weight is 328 g/mol. The molecule has 4 nitrogen and oxygen atoms in total. The summed E-state index contributed by atoms with van der Waals surface area (Å²) in [5, 5.41) is 1.17. The number of hydrogen-bond donors (Lipinski definition) is 0. The smallest absolute Gasteiger partial charge is 0.234 e. The summed E-state index contributed by atoms with van der Waals surface area (Å²) in [6.45, 7) is 0.975. The molecule has 0 aliphatic heterocycles. The van der Waals surface area contributed by atoms with Crippen LogP contribution in [0.2, 0.25) is 0 Å². The van der Waals surface area contributed by atoms with Gasteiger partial charge in [-0.2, -0.15) is 0 Å². The Morgan fingerprint density at radius 1 is 1.25 bits per heavy atom. The van der Waals surface area contributed by atoms with E-state index >= 15 is 0 Å². The Hall–Kier alpha value is -1.81. The second-order valence-electron chi connectivity index (χ2n) is 7.13. The van der Waals surface area contributed by atoms with Crippen LogP contribution in [-0.4, -0.2) is 43.1 Å². The third kappa shape index (κ3) is 3.48. The quantitative estimate of drug-likeness (QED) is 0.833. The van der Waals surface area contributed by atoms with Crippen LogP contribution in [0, 0.1) is 5.92 Å². The summed E-state index contributed by atoms with van der Waals surface area (Å²) in [6.07, 6.45) is 8.66. The van der Waals surface area contributed by atoms with Crippen LogP contribution in [0.3, 0.4) is 0 Å². The van der Waals surface area contributed by atoms with Crippen LogP contribution < -0.4 is 4.74 Å². The summed E-state index contributed by atoms with van der Waals surface area (Å²) in [7, 11) is 5.83. The summed E-state index contributed by atoms with van der Waals surface area (Å²) < 4.78 is 7.26. The van der Waals surface area contributed by atoms with Gasteiger partial charge in [0.15, 0.2) is 0 Å². The maximum atomic E-state index is 13.1. The molecule has 0 atom stereocenters. The van der Waals surface area contributed by atoms with Crippen molar-refractivity contribution in [1.82, 2.24) is 9.47 Å². The number of aromatic nitrogens is 1. The largest absolute Gasteiger partial charge is 0.497 e. The summed E-state index contributed by atoms with van der Waals surface area (Å²) in [5.41, 5.74) is 2.23. The van der Waals surface area contributed by atoms with Gasteiger partial charge in [-0.05, 0) is 51.1 Å². The summed E-state index contributed by atoms with van der Waals surface area (Å²) in [4.78, 5) is 15.3. The molecule has 130 valence electrons. The second kappa shape index (κ2) is 7.39. The van der Waals surface area contributed by atoms with Crippen LogP contribution >= 0.6 is 0 Å². The van der Waals surface area contributed by atoms with Gasteiger partial charge in [-0.25, -0.2) is 0 Å². The lowest BCUT2D eigenvalue weighted by molar-refractivity contribution is 0.0807. The lowest BCUT2D eigenvalue weighted by Gasteiger charge is -2.21. The number of fused-ring (bicyclic) bond motifs is 1. The predicted molar refractivity (Wildman–Crippen MR) is 97.9 cm³/mol. The van der Waals surface area contributed by atoms with Crippen molar-refractivity contribution in [1.29, 1.82) is 0 Å². The predicted octanol–water partition coefficient (Wildman–Crippen LogP) is 3.97.